The maximum Gasteiger partial charge on any atom is 0.331 e. The van der Waals surface area contributed by atoms with Crippen LogP contribution in [0, 0.1) is 5.92 Å². The van der Waals surface area contributed by atoms with Gasteiger partial charge in [0, 0.05) is 28.9 Å². The van der Waals surface area contributed by atoms with Crippen molar-refractivity contribution in [2.75, 3.05) is 0 Å². The van der Waals surface area contributed by atoms with Crippen molar-refractivity contribution in [1.82, 2.24) is 9.71 Å². The number of para-hydroxylation sites is 1. The highest BCUT2D eigenvalue weighted by molar-refractivity contribution is 7.89. The number of carbonyl (C=O) groups excluding carboxylic acids is 1. The highest BCUT2D eigenvalue weighted by Gasteiger charge is 2.48. The van der Waals surface area contributed by atoms with Gasteiger partial charge in [-0.15, -0.1) is 0 Å². The molecule has 9 heteroatoms. The van der Waals surface area contributed by atoms with Crippen molar-refractivity contribution in [1.29, 1.82) is 0 Å². The Kier molecular flexibility index (Phi) is 6.99. The van der Waals surface area contributed by atoms with Crippen molar-refractivity contribution in [2.24, 2.45) is 11.7 Å². The molecule has 4 aromatic rings. The number of fused-ring (bicyclic) bond motifs is 2. The normalized spacial score (nSPS) is 15.4. The third-order valence-electron chi connectivity index (χ3n) is 6.78. The summed E-state index contributed by atoms with van der Waals surface area (Å²) in [7, 11) is -4.19. The summed E-state index contributed by atoms with van der Waals surface area (Å²) in [5, 5.41) is 12.1. The number of aromatic amines is 1. The lowest BCUT2D eigenvalue weighted by molar-refractivity contribution is -0.149. The first-order valence-electron chi connectivity index (χ1n) is 11.7. The molecule has 1 unspecified atom stereocenters. The number of H-pyrrole nitrogens is 1. The lowest BCUT2D eigenvalue weighted by Gasteiger charge is -2.31. The SMILES string of the molecule is CCC(C)[C@H](NS(=O)(=O)c1cccc2ccccc12)C(=O)[C@](N)(Cc1c[nH]c2ccccc12)C(=O)O. The number of ketones is 1. The highest BCUT2D eigenvalue weighted by atomic mass is 32.2. The third-order valence-corrected chi connectivity index (χ3v) is 8.28. The fourth-order valence-electron chi connectivity index (χ4n) is 4.45. The van der Waals surface area contributed by atoms with Crippen LogP contribution in [0.15, 0.2) is 77.8 Å². The van der Waals surface area contributed by atoms with Crippen molar-refractivity contribution in [3.05, 3.63) is 78.5 Å². The van der Waals surface area contributed by atoms with E-state index >= 15 is 0 Å². The number of aliphatic carboxylic acids is 1. The maximum absolute atomic E-state index is 13.8. The van der Waals surface area contributed by atoms with E-state index in [-0.39, 0.29) is 11.3 Å². The second-order valence-corrected chi connectivity index (χ2v) is 10.8. The molecule has 0 saturated heterocycles. The van der Waals surface area contributed by atoms with Gasteiger partial charge in [0.2, 0.25) is 10.0 Å². The minimum Gasteiger partial charge on any atom is -0.480 e. The molecule has 8 nitrogen and oxygen atoms in total. The van der Waals surface area contributed by atoms with E-state index in [0.717, 1.165) is 16.3 Å². The number of aromatic nitrogens is 1. The van der Waals surface area contributed by atoms with Crippen LogP contribution in [0.3, 0.4) is 0 Å². The summed E-state index contributed by atoms with van der Waals surface area (Å²) in [6.45, 7) is 3.50. The quantitative estimate of drug-likeness (QED) is 0.242. The van der Waals surface area contributed by atoms with Gasteiger partial charge in [0.05, 0.1) is 10.9 Å². The van der Waals surface area contributed by atoms with E-state index in [1.165, 1.54) is 6.07 Å². The smallest absolute Gasteiger partial charge is 0.331 e. The van der Waals surface area contributed by atoms with Crippen molar-refractivity contribution in [3.63, 3.8) is 0 Å². The number of hydrogen-bond donors (Lipinski definition) is 4. The number of Topliss-reactive ketones (excluding diaryl/α,β-unsaturated/α-hetero) is 1. The molecule has 5 N–H and O–H groups in total. The Labute approximate surface area is 209 Å². The number of benzene rings is 3. The van der Waals surface area contributed by atoms with Crippen LogP contribution in [0.1, 0.15) is 25.8 Å². The summed E-state index contributed by atoms with van der Waals surface area (Å²) in [6, 6.07) is 17.8. The molecule has 1 heterocycles. The molecular weight excluding hydrogens is 478 g/mol. The molecule has 36 heavy (non-hydrogen) atoms. The lowest BCUT2D eigenvalue weighted by atomic mass is 9.80. The van der Waals surface area contributed by atoms with Crippen LogP contribution in [0.2, 0.25) is 0 Å². The van der Waals surface area contributed by atoms with E-state index in [1.54, 1.807) is 62.5 Å². The first-order valence-corrected chi connectivity index (χ1v) is 13.2. The van der Waals surface area contributed by atoms with Gasteiger partial charge in [-0.05, 0) is 29.0 Å². The van der Waals surface area contributed by atoms with Gasteiger partial charge in [0.25, 0.3) is 0 Å². The number of sulfonamides is 1. The van der Waals surface area contributed by atoms with Crippen LogP contribution in [0.4, 0.5) is 0 Å². The Morgan fingerprint density at radius 3 is 2.36 bits per heavy atom. The van der Waals surface area contributed by atoms with E-state index in [2.05, 4.69) is 9.71 Å². The van der Waals surface area contributed by atoms with E-state index in [1.807, 2.05) is 18.2 Å². The predicted molar refractivity (Wildman–Crippen MR) is 139 cm³/mol. The zero-order valence-electron chi connectivity index (χ0n) is 20.1. The minimum atomic E-state index is -4.19. The van der Waals surface area contributed by atoms with Crippen LogP contribution >= 0.6 is 0 Å². The summed E-state index contributed by atoms with van der Waals surface area (Å²) in [4.78, 5) is 29.3. The molecule has 0 bridgehead atoms. The zero-order valence-corrected chi connectivity index (χ0v) is 20.9. The Hall–Kier alpha value is -3.53. The predicted octanol–water partition coefficient (Wildman–Crippen LogP) is 3.61. The average Bonchev–Trinajstić information content (AvgIpc) is 3.28. The summed E-state index contributed by atoms with van der Waals surface area (Å²) in [5.41, 5.74) is 5.30. The Morgan fingerprint density at radius 2 is 1.67 bits per heavy atom. The molecule has 0 spiro atoms. The molecule has 0 aliphatic rings. The first-order chi connectivity index (χ1) is 17.1. The van der Waals surface area contributed by atoms with Crippen LogP contribution in [0.5, 0.6) is 0 Å². The lowest BCUT2D eigenvalue weighted by Crippen LogP contribution is -2.64. The van der Waals surface area contributed by atoms with Crippen molar-refractivity contribution in [3.8, 4) is 0 Å². The monoisotopic (exact) mass is 507 g/mol. The standard InChI is InChI=1S/C27H29N3O5S/c1-3-17(2)24(30-36(34,35)23-14-8-10-18-9-4-5-12-21(18)23)25(31)27(28,26(32)33)15-19-16-29-22-13-7-6-11-20(19)22/h4-14,16-17,24,29-30H,3,15,28H2,1-2H3,(H,32,33)/t17?,24-,27+/m0/s1. The van der Waals surface area contributed by atoms with Crippen LogP contribution < -0.4 is 10.5 Å². The number of rotatable bonds is 10. The van der Waals surface area contributed by atoms with Gasteiger partial charge in [0.15, 0.2) is 11.3 Å². The number of hydrogen-bond acceptors (Lipinski definition) is 5. The fourth-order valence-corrected chi connectivity index (χ4v) is 5.98. The molecular formula is C27H29N3O5S. The molecule has 0 amide bonds. The van der Waals surface area contributed by atoms with Gasteiger partial charge >= 0.3 is 5.97 Å². The molecule has 0 radical (unpaired) electrons. The summed E-state index contributed by atoms with van der Waals surface area (Å²) in [5.74, 6) is -2.92. The molecule has 0 aliphatic heterocycles. The number of nitrogens with one attached hydrogen (secondary N) is 2. The average molecular weight is 508 g/mol. The molecule has 1 aromatic heterocycles. The Morgan fingerprint density at radius 1 is 1.03 bits per heavy atom. The van der Waals surface area contributed by atoms with E-state index in [0.29, 0.717) is 17.4 Å². The molecule has 3 aromatic carbocycles. The maximum atomic E-state index is 13.8. The van der Waals surface area contributed by atoms with Crippen molar-refractivity contribution < 1.29 is 23.1 Å². The third kappa shape index (κ3) is 4.65. The number of nitrogens with two attached hydrogens (primary N) is 1. The molecule has 0 fully saturated rings. The number of carbonyl (C=O) groups is 2. The number of carboxylic acid groups (broad SMARTS) is 1. The van der Waals surface area contributed by atoms with Gasteiger partial charge in [-0.2, -0.15) is 0 Å². The summed E-state index contributed by atoms with van der Waals surface area (Å²) >= 11 is 0. The zero-order chi connectivity index (χ0) is 26.1. The molecule has 188 valence electrons. The Bertz CT molecular complexity index is 1540. The summed E-state index contributed by atoms with van der Waals surface area (Å²) < 4.78 is 29.5. The second kappa shape index (κ2) is 9.85. The molecule has 3 atom stereocenters. The highest BCUT2D eigenvalue weighted by Crippen LogP contribution is 2.27. The molecule has 0 aliphatic carbocycles. The van der Waals surface area contributed by atoms with Crippen molar-refractivity contribution in [2.45, 2.75) is 43.2 Å². The van der Waals surface area contributed by atoms with Crippen LogP contribution in [-0.2, 0) is 26.0 Å². The second-order valence-electron chi connectivity index (χ2n) is 9.14. The van der Waals surface area contributed by atoms with Gasteiger partial charge in [-0.3, -0.25) is 4.79 Å². The Balaban J connectivity index is 1.73. The van der Waals surface area contributed by atoms with Gasteiger partial charge in [-0.1, -0.05) is 74.9 Å². The van der Waals surface area contributed by atoms with E-state index < -0.39 is 39.3 Å². The van der Waals surface area contributed by atoms with Crippen LogP contribution in [0.25, 0.3) is 21.7 Å². The summed E-state index contributed by atoms with van der Waals surface area (Å²) in [6.07, 6.45) is 1.76. The largest absolute Gasteiger partial charge is 0.480 e. The molecule has 4 rings (SSSR count). The fraction of sp³-hybridized carbons (Fsp3) is 0.259. The van der Waals surface area contributed by atoms with E-state index in [4.69, 9.17) is 5.73 Å². The van der Waals surface area contributed by atoms with E-state index in [9.17, 15) is 23.1 Å². The van der Waals surface area contributed by atoms with Gasteiger partial charge in [0.1, 0.15) is 0 Å². The van der Waals surface area contributed by atoms with Crippen LogP contribution in [-0.4, -0.2) is 41.8 Å². The van der Waals surface area contributed by atoms with Gasteiger partial charge < -0.3 is 15.8 Å². The minimum absolute atomic E-state index is 0.0104. The molecule has 0 saturated carbocycles. The van der Waals surface area contributed by atoms with Crippen molar-refractivity contribution >= 4 is 43.5 Å². The number of carboxylic acids is 1. The van der Waals surface area contributed by atoms with Gasteiger partial charge in [-0.25, -0.2) is 17.9 Å². The topological polar surface area (TPSA) is 142 Å². The first kappa shape index (κ1) is 25.6.